The molecule has 1 heterocycles. The van der Waals surface area contributed by atoms with Crippen LogP contribution in [0.2, 0.25) is 0 Å². The Morgan fingerprint density at radius 3 is 2.71 bits per heavy atom. The molecule has 1 aromatic rings. The maximum atomic E-state index is 9.10. The van der Waals surface area contributed by atoms with Gasteiger partial charge in [0.15, 0.2) is 0 Å². The van der Waals surface area contributed by atoms with Crippen LogP contribution in [0.1, 0.15) is 18.4 Å². The van der Waals surface area contributed by atoms with Gasteiger partial charge < -0.3 is 15.3 Å². The molecule has 0 radical (unpaired) electrons. The number of hydrogen-bond acceptors (Lipinski definition) is 3. The first-order valence-corrected chi connectivity index (χ1v) is 6.42. The van der Waals surface area contributed by atoms with Crippen molar-refractivity contribution in [3.63, 3.8) is 0 Å². The second-order valence-corrected chi connectivity index (χ2v) is 4.92. The van der Waals surface area contributed by atoms with Crippen molar-refractivity contribution in [1.82, 2.24) is 10.2 Å². The van der Waals surface area contributed by atoms with Gasteiger partial charge in [-0.3, -0.25) is 0 Å². The fourth-order valence-corrected chi connectivity index (χ4v) is 2.24. The molecule has 0 aliphatic carbocycles. The SMILES string of the molecule is CC(O)CNCCN1CC(c2ccccc2)C1. The van der Waals surface area contributed by atoms with Gasteiger partial charge in [-0.2, -0.15) is 0 Å². The molecule has 0 saturated carbocycles. The molecule has 0 aromatic heterocycles. The number of benzene rings is 1. The number of nitrogens with zero attached hydrogens (tertiary/aromatic N) is 1. The third kappa shape index (κ3) is 3.80. The summed E-state index contributed by atoms with van der Waals surface area (Å²) in [7, 11) is 0. The van der Waals surface area contributed by atoms with Gasteiger partial charge in [-0.25, -0.2) is 0 Å². The van der Waals surface area contributed by atoms with Crippen molar-refractivity contribution in [3.05, 3.63) is 35.9 Å². The number of nitrogens with one attached hydrogen (secondary N) is 1. The summed E-state index contributed by atoms with van der Waals surface area (Å²) in [6.45, 7) is 6.88. The van der Waals surface area contributed by atoms with Crippen molar-refractivity contribution < 1.29 is 5.11 Å². The minimum absolute atomic E-state index is 0.247. The topological polar surface area (TPSA) is 35.5 Å². The summed E-state index contributed by atoms with van der Waals surface area (Å²) in [6, 6.07) is 10.7. The van der Waals surface area contributed by atoms with Crippen LogP contribution in [-0.2, 0) is 0 Å². The number of aliphatic hydroxyl groups excluding tert-OH is 1. The highest BCUT2D eigenvalue weighted by atomic mass is 16.3. The third-order valence-corrected chi connectivity index (χ3v) is 3.27. The second kappa shape index (κ2) is 6.15. The van der Waals surface area contributed by atoms with Gasteiger partial charge in [-0.15, -0.1) is 0 Å². The van der Waals surface area contributed by atoms with Gasteiger partial charge >= 0.3 is 0 Å². The quantitative estimate of drug-likeness (QED) is 0.722. The molecule has 94 valence electrons. The number of aliphatic hydroxyl groups is 1. The van der Waals surface area contributed by atoms with E-state index in [1.165, 1.54) is 18.7 Å². The maximum absolute atomic E-state index is 9.10. The van der Waals surface area contributed by atoms with E-state index in [1.54, 1.807) is 0 Å². The Kier molecular flexibility index (Phi) is 4.54. The lowest BCUT2D eigenvalue weighted by atomic mass is 9.92. The first-order valence-electron chi connectivity index (χ1n) is 6.42. The molecular formula is C14H22N2O. The first kappa shape index (κ1) is 12.6. The predicted octanol–water partition coefficient (Wildman–Crippen LogP) is 1.06. The van der Waals surface area contributed by atoms with E-state index in [1.807, 2.05) is 6.92 Å². The van der Waals surface area contributed by atoms with Gasteiger partial charge in [0.1, 0.15) is 0 Å². The molecule has 1 unspecified atom stereocenters. The largest absolute Gasteiger partial charge is 0.392 e. The Labute approximate surface area is 103 Å². The lowest BCUT2D eigenvalue weighted by Crippen LogP contribution is -2.47. The number of rotatable bonds is 6. The van der Waals surface area contributed by atoms with Gasteiger partial charge in [0.25, 0.3) is 0 Å². The summed E-state index contributed by atoms with van der Waals surface area (Å²) in [5.41, 5.74) is 1.46. The van der Waals surface area contributed by atoms with E-state index >= 15 is 0 Å². The van der Waals surface area contributed by atoms with E-state index in [9.17, 15) is 0 Å². The molecule has 1 aromatic carbocycles. The van der Waals surface area contributed by atoms with Gasteiger partial charge in [-0.1, -0.05) is 30.3 Å². The van der Waals surface area contributed by atoms with E-state index in [-0.39, 0.29) is 6.10 Å². The molecule has 3 nitrogen and oxygen atoms in total. The highest BCUT2D eigenvalue weighted by Gasteiger charge is 2.26. The lowest BCUT2D eigenvalue weighted by molar-refractivity contribution is 0.144. The predicted molar refractivity (Wildman–Crippen MR) is 70.2 cm³/mol. The van der Waals surface area contributed by atoms with Crippen molar-refractivity contribution in [1.29, 1.82) is 0 Å². The minimum Gasteiger partial charge on any atom is -0.392 e. The standard InChI is InChI=1S/C14H22N2O/c1-12(17)9-15-7-8-16-10-14(11-16)13-5-3-2-4-6-13/h2-6,12,14-15,17H,7-11H2,1H3. The molecule has 1 aliphatic heterocycles. The molecule has 0 bridgehead atoms. The normalized spacial score (nSPS) is 18.9. The molecule has 0 spiro atoms. The summed E-state index contributed by atoms with van der Waals surface area (Å²) in [4.78, 5) is 2.45. The average Bonchev–Trinajstić information content (AvgIpc) is 2.27. The Morgan fingerprint density at radius 2 is 2.06 bits per heavy atom. The van der Waals surface area contributed by atoms with Crippen LogP contribution < -0.4 is 5.32 Å². The van der Waals surface area contributed by atoms with E-state index < -0.39 is 0 Å². The Hall–Kier alpha value is -0.900. The fourth-order valence-electron chi connectivity index (χ4n) is 2.24. The van der Waals surface area contributed by atoms with Crippen molar-refractivity contribution in [2.45, 2.75) is 18.9 Å². The summed E-state index contributed by atoms with van der Waals surface area (Å²) in [6.07, 6.45) is -0.247. The molecule has 17 heavy (non-hydrogen) atoms. The Morgan fingerprint density at radius 1 is 1.35 bits per heavy atom. The Balaban J connectivity index is 1.60. The van der Waals surface area contributed by atoms with Gasteiger partial charge in [-0.05, 0) is 12.5 Å². The molecule has 0 amide bonds. The van der Waals surface area contributed by atoms with Gasteiger partial charge in [0, 0.05) is 38.6 Å². The molecule has 3 heteroatoms. The monoisotopic (exact) mass is 234 g/mol. The average molecular weight is 234 g/mol. The van der Waals surface area contributed by atoms with Crippen LogP contribution in [0.15, 0.2) is 30.3 Å². The third-order valence-electron chi connectivity index (χ3n) is 3.27. The highest BCUT2D eigenvalue weighted by Crippen LogP contribution is 2.25. The van der Waals surface area contributed by atoms with E-state index in [2.05, 4.69) is 40.5 Å². The lowest BCUT2D eigenvalue weighted by Gasteiger charge is -2.39. The van der Waals surface area contributed by atoms with E-state index in [0.717, 1.165) is 13.1 Å². The smallest absolute Gasteiger partial charge is 0.0636 e. The maximum Gasteiger partial charge on any atom is 0.0636 e. The summed E-state index contributed by atoms with van der Waals surface area (Å²) in [5, 5.41) is 12.4. The number of likely N-dealkylation sites (tertiary alicyclic amines) is 1. The van der Waals surface area contributed by atoms with Crippen molar-refractivity contribution >= 4 is 0 Å². The van der Waals surface area contributed by atoms with Crippen molar-refractivity contribution in [2.75, 3.05) is 32.7 Å². The second-order valence-electron chi connectivity index (χ2n) is 4.92. The fraction of sp³-hybridized carbons (Fsp3) is 0.571. The zero-order valence-electron chi connectivity index (χ0n) is 10.5. The summed E-state index contributed by atoms with van der Waals surface area (Å²) in [5.74, 6) is 0.716. The first-order chi connectivity index (χ1) is 8.25. The van der Waals surface area contributed by atoms with Crippen LogP contribution in [0.25, 0.3) is 0 Å². The van der Waals surface area contributed by atoms with Crippen LogP contribution in [-0.4, -0.2) is 48.8 Å². The molecular weight excluding hydrogens is 212 g/mol. The molecule has 1 aliphatic rings. The molecule has 2 rings (SSSR count). The van der Waals surface area contributed by atoms with Crippen molar-refractivity contribution in [2.24, 2.45) is 0 Å². The molecule has 1 atom stereocenters. The van der Waals surface area contributed by atoms with Crippen LogP contribution in [0, 0.1) is 0 Å². The summed E-state index contributed by atoms with van der Waals surface area (Å²) >= 11 is 0. The van der Waals surface area contributed by atoms with Crippen molar-refractivity contribution in [3.8, 4) is 0 Å². The van der Waals surface area contributed by atoms with Crippen LogP contribution in [0.3, 0.4) is 0 Å². The number of hydrogen-bond donors (Lipinski definition) is 2. The van der Waals surface area contributed by atoms with Crippen LogP contribution >= 0.6 is 0 Å². The zero-order valence-corrected chi connectivity index (χ0v) is 10.5. The van der Waals surface area contributed by atoms with Crippen LogP contribution in [0.4, 0.5) is 0 Å². The minimum atomic E-state index is -0.247. The highest BCUT2D eigenvalue weighted by molar-refractivity contribution is 5.22. The van der Waals surface area contributed by atoms with E-state index in [0.29, 0.717) is 12.5 Å². The molecule has 1 fully saturated rings. The zero-order chi connectivity index (χ0) is 12.1. The Bertz CT molecular complexity index is 320. The van der Waals surface area contributed by atoms with Gasteiger partial charge in [0.05, 0.1) is 6.10 Å². The molecule has 1 saturated heterocycles. The summed E-state index contributed by atoms with van der Waals surface area (Å²) < 4.78 is 0. The van der Waals surface area contributed by atoms with E-state index in [4.69, 9.17) is 5.11 Å². The van der Waals surface area contributed by atoms with Crippen LogP contribution in [0.5, 0.6) is 0 Å². The molecule has 2 N–H and O–H groups in total. The van der Waals surface area contributed by atoms with Gasteiger partial charge in [0.2, 0.25) is 0 Å².